The van der Waals surface area contributed by atoms with Crippen molar-refractivity contribution in [2.45, 2.75) is 4.90 Å². The summed E-state index contributed by atoms with van der Waals surface area (Å²) in [4.78, 5) is 11.4. The van der Waals surface area contributed by atoms with Gasteiger partial charge >= 0.3 is 0 Å². The first-order chi connectivity index (χ1) is 11.9. The van der Waals surface area contributed by atoms with Crippen LogP contribution < -0.4 is 14.8 Å². The van der Waals surface area contributed by atoms with Crippen molar-refractivity contribution in [2.24, 2.45) is 0 Å². The maximum absolute atomic E-state index is 12.6. The van der Waals surface area contributed by atoms with Gasteiger partial charge < -0.3 is 19.9 Å². The normalized spacial score (nSPS) is 11.0. The molecule has 2 aromatic carbocycles. The molecule has 0 aliphatic rings. The molecule has 0 saturated heterocycles. The molecule has 2 aromatic rings. The van der Waals surface area contributed by atoms with Crippen LogP contribution in [0.25, 0.3) is 0 Å². The lowest BCUT2D eigenvalue weighted by atomic mass is 10.3. The smallest absolute Gasteiger partial charge is 0.262 e. The standard InChI is InChI=1S/C16H18N2O6S/c1-23-10-16(20)17-13-9-11(7-8-14(13)19)25(21,22)18-12-5-3-4-6-15(12)24-2/h3-9,18-19H,10H2,1-2H3,(H,17,20). The predicted octanol–water partition coefficient (Wildman–Crippen LogP) is 1.79. The molecule has 0 aliphatic heterocycles. The highest BCUT2D eigenvalue weighted by Gasteiger charge is 2.18. The number of aromatic hydroxyl groups is 1. The zero-order chi connectivity index (χ0) is 18.4. The zero-order valence-corrected chi connectivity index (χ0v) is 14.5. The molecule has 0 unspecified atom stereocenters. The largest absolute Gasteiger partial charge is 0.506 e. The molecule has 3 N–H and O–H groups in total. The van der Waals surface area contributed by atoms with Gasteiger partial charge in [-0.25, -0.2) is 8.42 Å². The van der Waals surface area contributed by atoms with Crippen LogP contribution in [0.2, 0.25) is 0 Å². The first kappa shape index (κ1) is 18.6. The number of para-hydroxylation sites is 2. The summed E-state index contributed by atoms with van der Waals surface area (Å²) in [7, 11) is -1.18. The fourth-order valence-corrected chi connectivity index (χ4v) is 3.13. The number of phenols is 1. The van der Waals surface area contributed by atoms with E-state index in [2.05, 4.69) is 14.8 Å². The van der Waals surface area contributed by atoms with Crippen LogP contribution >= 0.6 is 0 Å². The molecule has 1 amide bonds. The van der Waals surface area contributed by atoms with Crippen molar-refractivity contribution in [1.29, 1.82) is 0 Å². The molecule has 0 aliphatic carbocycles. The Labute approximate surface area is 145 Å². The Morgan fingerprint density at radius 3 is 2.52 bits per heavy atom. The number of nitrogens with one attached hydrogen (secondary N) is 2. The van der Waals surface area contributed by atoms with E-state index in [0.29, 0.717) is 5.75 Å². The number of anilines is 2. The van der Waals surface area contributed by atoms with Crippen molar-refractivity contribution in [3.05, 3.63) is 42.5 Å². The average Bonchev–Trinajstić information content (AvgIpc) is 2.57. The van der Waals surface area contributed by atoms with Crippen LogP contribution in [0, 0.1) is 0 Å². The number of carbonyl (C=O) groups excluding carboxylic acids is 1. The Hall–Kier alpha value is -2.78. The number of hydrogen-bond donors (Lipinski definition) is 3. The Balaban J connectivity index is 2.31. The number of methoxy groups -OCH3 is 2. The van der Waals surface area contributed by atoms with Gasteiger partial charge in [-0.05, 0) is 30.3 Å². The van der Waals surface area contributed by atoms with Crippen molar-refractivity contribution < 1.29 is 27.8 Å². The van der Waals surface area contributed by atoms with Gasteiger partial charge in [0.05, 0.1) is 23.4 Å². The molecule has 2 rings (SSSR count). The molecule has 0 saturated carbocycles. The van der Waals surface area contributed by atoms with Crippen molar-refractivity contribution in [3.63, 3.8) is 0 Å². The predicted molar refractivity (Wildman–Crippen MR) is 92.4 cm³/mol. The SMILES string of the molecule is COCC(=O)Nc1cc(S(=O)(=O)Nc2ccccc2OC)ccc1O. The summed E-state index contributed by atoms with van der Waals surface area (Å²) in [6.07, 6.45) is 0. The summed E-state index contributed by atoms with van der Waals surface area (Å²) in [6.45, 7) is -0.226. The Morgan fingerprint density at radius 1 is 1.12 bits per heavy atom. The van der Waals surface area contributed by atoms with Crippen LogP contribution in [0.1, 0.15) is 0 Å². The first-order valence-electron chi connectivity index (χ1n) is 7.15. The van der Waals surface area contributed by atoms with Gasteiger partial charge in [0.1, 0.15) is 18.1 Å². The van der Waals surface area contributed by atoms with Crippen molar-refractivity contribution in [3.8, 4) is 11.5 Å². The number of carbonyl (C=O) groups is 1. The van der Waals surface area contributed by atoms with E-state index in [1.54, 1.807) is 24.3 Å². The number of amides is 1. The van der Waals surface area contributed by atoms with Gasteiger partial charge in [0.15, 0.2) is 0 Å². The number of ether oxygens (including phenoxy) is 2. The van der Waals surface area contributed by atoms with Crippen LogP contribution in [0.3, 0.4) is 0 Å². The Bertz CT molecular complexity index is 867. The summed E-state index contributed by atoms with van der Waals surface area (Å²) in [5.74, 6) is -0.427. The second kappa shape index (κ2) is 7.86. The third kappa shape index (κ3) is 4.61. The van der Waals surface area contributed by atoms with Crippen molar-refractivity contribution in [1.82, 2.24) is 0 Å². The van der Waals surface area contributed by atoms with Gasteiger partial charge in [0.2, 0.25) is 5.91 Å². The van der Waals surface area contributed by atoms with E-state index < -0.39 is 15.9 Å². The molecule has 134 valence electrons. The minimum Gasteiger partial charge on any atom is -0.506 e. The highest BCUT2D eigenvalue weighted by molar-refractivity contribution is 7.92. The third-order valence-corrected chi connectivity index (χ3v) is 4.54. The van der Waals surface area contributed by atoms with E-state index in [0.717, 1.165) is 6.07 Å². The Morgan fingerprint density at radius 2 is 1.84 bits per heavy atom. The van der Waals surface area contributed by atoms with Gasteiger partial charge in [-0.3, -0.25) is 9.52 Å². The number of hydrogen-bond acceptors (Lipinski definition) is 6. The lowest BCUT2D eigenvalue weighted by Crippen LogP contribution is -2.18. The van der Waals surface area contributed by atoms with E-state index in [1.807, 2.05) is 0 Å². The maximum Gasteiger partial charge on any atom is 0.262 e. The molecule has 0 spiro atoms. The summed E-state index contributed by atoms with van der Waals surface area (Å²) in [5.41, 5.74) is 0.230. The average molecular weight is 366 g/mol. The van der Waals surface area contributed by atoms with E-state index in [-0.39, 0.29) is 28.6 Å². The lowest BCUT2D eigenvalue weighted by Gasteiger charge is -2.13. The molecule has 9 heteroatoms. The van der Waals surface area contributed by atoms with Gasteiger partial charge in [-0.15, -0.1) is 0 Å². The monoisotopic (exact) mass is 366 g/mol. The molecule has 25 heavy (non-hydrogen) atoms. The summed E-state index contributed by atoms with van der Waals surface area (Å²) >= 11 is 0. The second-order valence-electron chi connectivity index (χ2n) is 4.97. The van der Waals surface area contributed by atoms with Crippen molar-refractivity contribution in [2.75, 3.05) is 30.9 Å². The third-order valence-electron chi connectivity index (χ3n) is 3.18. The van der Waals surface area contributed by atoms with Crippen LogP contribution in [-0.4, -0.2) is 40.3 Å². The fourth-order valence-electron chi connectivity index (χ4n) is 2.03. The minimum absolute atomic E-state index is 0.0371. The zero-order valence-electron chi connectivity index (χ0n) is 13.6. The molecule has 0 atom stereocenters. The van der Waals surface area contributed by atoms with E-state index in [9.17, 15) is 18.3 Å². The summed E-state index contributed by atoms with van der Waals surface area (Å²) in [6, 6.07) is 10.1. The van der Waals surface area contributed by atoms with Crippen LogP contribution in [0.5, 0.6) is 11.5 Å². The van der Waals surface area contributed by atoms with Crippen LogP contribution in [0.4, 0.5) is 11.4 Å². The molecule has 0 radical (unpaired) electrons. The van der Waals surface area contributed by atoms with Gasteiger partial charge in [0.25, 0.3) is 10.0 Å². The number of phenolic OH excluding ortho intramolecular Hbond substituents is 1. The van der Waals surface area contributed by atoms with E-state index in [1.165, 1.54) is 26.4 Å². The molecular formula is C16H18N2O6S. The molecule has 0 heterocycles. The van der Waals surface area contributed by atoms with Crippen LogP contribution in [0.15, 0.2) is 47.4 Å². The van der Waals surface area contributed by atoms with E-state index >= 15 is 0 Å². The minimum atomic E-state index is -3.96. The maximum atomic E-state index is 12.6. The Kier molecular flexibility index (Phi) is 5.84. The summed E-state index contributed by atoms with van der Waals surface area (Å²) in [5, 5.41) is 12.2. The topological polar surface area (TPSA) is 114 Å². The van der Waals surface area contributed by atoms with Crippen LogP contribution in [-0.2, 0) is 19.6 Å². The molecule has 0 bridgehead atoms. The first-order valence-corrected chi connectivity index (χ1v) is 8.63. The highest BCUT2D eigenvalue weighted by Crippen LogP contribution is 2.30. The molecular weight excluding hydrogens is 348 g/mol. The second-order valence-corrected chi connectivity index (χ2v) is 6.65. The van der Waals surface area contributed by atoms with E-state index in [4.69, 9.17) is 4.74 Å². The molecule has 8 nitrogen and oxygen atoms in total. The number of sulfonamides is 1. The molecule has 0 aromatic heterocycles. The van der Waals surface area contributed by atoms with Gasteiger partial charge in [-0.2, -0.15) is 0 Å². The number of rotatable bonds is 7. The van der Waals surface area contributed by atoms with Gasteiger partial charge in [-0.1, -0.05) is 12.1 Å². The fraction of sp³-hybridized carbons (Fsp3) is 0.188. The quantitative estimate of drug-likeness (QED) is 0.644. The van der Waals surface area contributed by atoms with Crippen molar-refractivity contribution >= 4 is 27.3 Å². The summed E-state index contributed by atoms with van der Waals surface area (Å²) < 4.78 is 37.3. The lowest BCUT2D eigenvalue weighted by molar-refractivity contribution is -0.119. The number of benzene rings is 2. The van der Waals surface area contributed by atoms with Gasteiger partial charge in [0, 0.05) is 7.11 Å². The molecule has 0 fully saturated rings. The highest BCUT2D eigenvalue weighted by atomic mass is 32.2.